The van der Waals surface area contributed by atoms with Gasteiger partial charge < -0.3 is 11.1 Å². The molecule has 19 heavy (non-hydrogen) atoms. The minimum atomic E-state index is -3.46. The molecule has 6 heteroatoms. The molecule has 1 unspecified atom stereocenters. The lowest BCUT2D eigenvalue weighted by Gasteiger charge is -2.16. The lowest BCUT2D eigenvalue weighted by molar-refractivity contribution is -0.115. The average Bonchev–Trinajstić information content (AvgIpc) is 2.32. The quantitative estimate of drug-likeness (QED) is 0.824. The highest BCUT2D eigenvalue weighted by Gasteiger charge is 2.30. The van der Waals surface area contributed by atoms with Gasteiger partial charge in [0.2, 0.25) is 5.91 Å². The third kappa shape index (κ3) is 3.47. The number of nitrogens with one attached hydrogen (secondary N) is 1. The fourth-order valence-electron chi connectivity index (χ4n) is 1.57. The highest BCUT2D eigenvalue weighted by atomic mass is 32.2. The molecule has 0 aliphatic heterocycles. The molecule has 3 N–H and O–H groups in total. The smallest absolute Gasteiger partial charge is 0.242 e. The normalized spacial score (nSPS) is 13.3. The molecular formula is C13H20N2O3S. The third-order valence-corrected chi connectivity index (χ3v) is 5.55. The zero-order valence-electron chi connectivity index (χ0n) is 11.6. The van der Waals surface area contributed by atoms with Gasteiger partial charge >= 0.3 is 0 Å². The van der Waals surface area contributed by atoms with Crippen molar-refractivity contribution in [2.24, 2.45) is 0 Å². The molecule has 1 amide bonds. The molecule has 0 heterocycles. The summed E-state index contributed by atoms with van der Waals surface area (Å²) in [5.41, 5.74) is 7.53. The molecule has 0 bridgehead atoms. The van der Waals surface area contributed by atoms with Crippen molar-refractivity contribution in [2.45, 2.75) is 38.2 Å². The van der Waals surface area contributed by atoms with Crippen molar-refractivity contribution in [3.05, 3.63) is 23.8 Å². The van der Waals surface area contributed by atoms with Crippen molar-refractivity contribution in [2.75, 3.05) is 11.1 Å². The standard InChI is InChI=1S/C13H20N2O3S/c1-8(2)19(17,18)10(4)13(16)15-12-7-11(14)6-5-9(12)3/h5-8,10H,14H2,1-4H3,(H,15,16). The first kappa shape index (κ1) is 15.5. The van der Waals surface area contributed by atoms with Crippen LogP contribution in [0.2, 0.25) is 0 Å². The summed E-state index contributed by atoms with van der Waals surface area (Å²) < 4.78 is 23.9. The van der Waals surface area contributed by atoms with Crippen LogP contribution in [0, 0.1) is 6.92 Å². The van der Waals surface area contributed by atoms with Crippen LogP contribution in [0.4, 0.5) is 11.4 Å². The molecular weight excluding hydrogens is 264 g/mol. The lowest BCUT2D eigenvalue weighted by atomic mass is 10.2. The Morgan fingerprint density at radius 1 is 1.26 bits per heavy atom. The Hall–Kier alpha value is -1.56. The topological polar surface area (TPSA) is 89.3 Å². The van der Waals surface area contributed by atoms with Crippen molar-refractivity contribution >= 4 is 27.1 Å². The Bertz CT molecular complexity index is 580. The summed E-state index contributed by atoms with van der Waals surface area (Å²) in [6.07, 6.45) is 0. The van der Waals surface area contributed by atoms with Gasteiger partial charge in [0, 0.05) is 11.4 Å². The Morgan fingerprint density at radius 3 is 2.37 bits per heavy atom. The lowest BCUT2D eigenvalue weighted by Crippen LogP contribution is -2.36. The van der Waals surface area contributed by atoms with E-state index in [1.54, 1.807) is 32.0 Å². The van der Waals surface area contributed by atoms with Gasteiger partial charge in [-0.2, -0.15) is 0 Å². The van der Waals surface area contributed by atoms with E-state index in [-0.39, 0.29) is 0 Å². The van der Waals surface area contributed by atoms with E-state index < -0.39 is 26.2 Å². The van der Waals surface area contributed by atoms with E-state index in [9.17, 15) is 13.2 Å². The van der Waals surface area contributed by atoms with Crippen molar-refractivity contribution in [3.8, 4) is 0 Å². The van der Waals surface area contributed by atoms with E-state index in [2.05, 4.69) is 5.32 Å². The van der Waals surface area contributed by atoms with Gasteiger partial charge in [-0.3, -0.25) is 4.79 Å². The first-order valence-electron chi connectivity index (χ1n) is 6.06. The summed E-state index contributed by atoms with van der Waals surface area (Å²) >= 11 is 0. The molecule has 0 saturated carbocycles. The molecule has 106 valence electrons. The molecule has 0 aliphatic rings. The second-order valence-electron chi connectivity index (χ2n) is 4.84. The zero-order valence-corrected chi connectivity index (χ0v) is 12.4. The van der Waals surface area contributed by atoms with Crippen LogP contribution in [-0.2, 0) is 14.6 Å². The summed E-state index contributed by atoms with van der Waals surface area (Å²) in [6.45, 7) is 6.33. The number of hydrogen-bond acceptors (Lipinski definition) is 4. The molecule has 0 saturated heterocycles. The molecule has 1 aromatic rings. The molecule has 0 aliphatic carbocycles. The van der Waals surface area contributed by atoms with Gasteiger partial charge in [-0.1, -0.05) is 6.07 Å². The third-order valence-electron chi connectivity index (χ3n) is 3.04. The van der Waals surface area contributed by atoms with Gasteiger partial charge in [0.15, 0.2) is 9.84 Å². The first-order valence-corrected chi connectivity index (χ1v) is 7.67. The van der Waals surface area contributed by atoms with Crippen LogP contribution in [0.5, 0.6) is 0 Å². The number of aryl methyl sites for hydroxylation is 1. The maximum atomic E-state index is 12.0. The summed E-state index contributed by atoms with van der Waals surface area (Å²) in [4.78, 5) is 12.0. The van der Waals surface area contributed by atoms with Gasteiger partial charge in [0.05, 0.1) is 5.25 Å². The van der Waals surface area contributed by atoms with E-state index in [4.69, 9.17) is 5.73 Å². The Morgan fingerprint density at radius 2 is 1.84 bits per heavy atom. The second kappa shape index (κ2) is 5.61. The molecule has 1 rings (SSSR count). The molecule has 5 nitrogen and oxygen atoms in total. The Balaban J connectivity index is 2.95. The maximum absolute atomic E-state index is 12.0. The van der Waals surface area contributed by atoms with E-state index >= 15 is 0 Å². The number of carbonyl (C=O) groups is 1. The number of hydrogen-bond donors (Lipinski definition) is 2. The second-order valence-corrected chi connectivity index (χ2v) is 7.67. The monoisotopic (exact) mass is 284 g/mol. The largest absolute Gasteiger partial charge is 0.399 e. The van der Waals surface area contributed by atoms with Crippen molar-refractivity contribution in [3.63, 3.8) is 0 Å². The SMILES string of the molecule is Cc1ccc(N)cc1NC(=O)C(C)S(=O)(=O)C(C)C. The van der Waals surface area contributed by atoms with Crippen LogP contribution < -0.4 is 11.1 Å². The van der Waals surface area contributed by atoms with E-state index in [1.165, 1.54) is 6.92 Å². The van der Waals surface area contributed by atoms with Crippen LogP contribution in [0.3, 0.4) is 0 Å². The molecule has 0 spiro atoms. The predicted molar refractivity (Wildman–Crippen MR) is 77.7 cm³/mol. The van der Waals surface area contributed by atoms with Crippen LogP contribution in [-0.4, -0.2) is 24.8 Å². The highest BCUT2D eigenvalue weighted by molar-refractivity contribution is 7.93. The summed E-state index contributed by atoms with van der Waals surface area (Å²) in [7, 11) is -3.46. The Labute approximate surface area is 114 Å². The van der Waals surface area contributed by atoms with E-state index in [0.717, 1.165) is 5.56 Å². The van der Waals surface area contributed by atoms with Crippen LogP contribution in [0.1, 0.15) is 26.3 Å². The zero-order chi connectivity index (χ0) is 14.8. The van der Waals surface area contributed by atoms with Gasteiger partial charge in [-0.15, -0.1) is 0 Å². The molecule has 0 aromatic heterocycles. The number of nitrogen functional groups attached to an aromatic ring is 1. The number of sulfone groups is 1. The predicted octanol–water partition coefficient (Wildman–Crippen LogP) is 1.73. The first-order chi connectivity index (χ1) is 8.66. The van der Waals surface area contributed by atoms with E-state index in [0.29, 0.717) is 11.4 Å². The summed E-state index contributed by atoms with van der Waals surface area (Å²) in [5, 5.41) is 0.936. The van der Waals surface area contributed by atoms with Gasteiger partial charge in [0.25, 0.3) is 0 Å². The Kier molecular flexibility index (Phi) is 4.57. The van der Waals surface area contributed by atoms with Crippen molar-refractivity contribution in [1.29, 1.82) is 0 Å². The molecule has 1 aromatic carbocycles. The minimum Gasteiger partial charge on any atom is -0.399 e. The number of rotatable bonds is 4. The minimum absolute atomic E-state index is 0.514. The fraction of sp³-hybridized carbons (Fsp3) is 0.462. The van der Waals surface area contributed by atoms with Crippen molar-refractivity contribution < 1.29 is 13.2 Å². The van der Waals surface area contributed by atoms with Crippen molar-refractivity contribution in [1.82, 2.24) is 0 Å². The number of benzene rings is 1. The van der Waals surface area contributed by atoms with Crippen LogP contribution >= 0.6 is 0 Å². The number of amides is 1. The van der Waals surface area contributed by atoms with Gasteiger partial charge in [-0.05, 0) is 45.4 Å². The molecule has 0 radical (unpaired) electrons. The van der Waals surface area contributed by atoms with Gasteiger partial charge in [0.1, 0.15) is 5.25 Å². The van der Waals surface area contributed by atoms with Crippen LogP contribution in [0.25, 0.3) is 0 Å². The fourth-order valence-corrected chi connectivity index (χ4v) is 2.74. The van der Waals surface area contributed by atoms with E-state index in [1.807, 2.05) is 6.92 Å². The molecule has 0 fully saturated rings. The summed E-state index contributed by atoms with van der Waals surface area (Å²) in [6, 6.07) is 5.10. The summed E-state index contributed by atoms with van der Waals surface area (Å²) in [5.74, 6) is -0.539. The number of nitrogens with two attached hydrogens (primary N) is 1. The average molecular weight is 284 g/mol. The highest BCUT2D eigenvalue weighted by Crippen LogP contribution is 2.19. The number of carbonyl (C=O) groups excluding carboxylic acids is 1. The maximum Gasteiger partial charge on any atom is 0.242 e. The number of anilines is 2. The van der Waals surface area contributed by atoms with Crippen LogP contribution in [0.15, 0.2) is 18.2 Å². The van der Waals surface area contributed by atoms with Gasteiger partial charge in [-0.25, -0.2) is 8.42 Å². The molecule has 1 atom stereocenters.